The summed E-state index contributed by atoms with van der Waals surface area (Å²) in [5.74, 6) is -2.76. The van der Waals surface area contributed by atoms with Crippen LogP contribution in [-0.2, 0) is 14.8 Å². The second-order valence-corrected chi connectivity index (χ2v) is 9.80. The van der Waals surface area contributed by atoms with E-state index in [1.165, 1.54) is 15.6 Å². The second kappa shape index (κ2) is 9.95. The molecule has 34 heavy (non-hydrogen) atoms. The number of pyridine rings is 1. The first-order valence-electron chi connectivity index (χ1n) is 9.26. The fourth-order valence-corrected chi connectivity index (χ4v) is 5.48. The van der Waals surface area contributed by atoms with E-state index in [4.69, 9.17) is 21.5 Å². The molecule has 4 aromatic rings. The first-order chi connectivity index (χ1) is 15.9. The summed E-state index contributed by atoms with van der Waals surface area (Å²) in [5, 5.41) is 11.5. The minimum Gasteiger partial charge on any atom is -0.475 e. The molecule has 0 radical (unpaired) electrons. The predicted octanol–water partition coefficient (Wildman–Crippen LogP) is 5.81. The van der Waals surface area contributed by atoms with Gasteiger partial charge in [-0.25, -0.2) is 22.5 Å². The number of aryl methyl sites for hydroxylation is 1. The van der Waals surface area contributed by atoms with Crippen LogP contribution in [0.15, 0.2) is 71.3 Å². The van der Waals surface area contributed by atoms with Gasteiger partial charge in [-0.3, -0.25) is 4.98 Å². The molecule has 0 bridgehead atoms. The Kier molecular flexibility index (Phi) is 7.44. The Morgan fingerprint density at radius 3 is 2.38 bits per heavy atom. The summed E-state index contributed by atoms with van der Waals surface area (Å²) < 4.78 is 60.1. The van der Waals surface area contributed by atoms with Gasteiger partial charge in [-0.15, -0.1) is 11.3 Å². The Bertz CT molecular complexity index is 1430. The maximum absolute atomic E-state index is 13.6. The van der Waals surface area contributed by atoms with Crippen LogP contribution in [0.1, 0.15) is 5.56 Å². The van der Waals surface area contributed by atoms with Crippen LogP contribution in [0.3, 0.4) is 0 Å². The Morgan fingerprint density at radius 1 is 1.09 bits per heavy atom. The fraction of sp³-hybridized carbons (Fsp3) is 0.0952. The highest BCUT2D eigenvalue weighted by atomic mass is 35.5. The van der Waals surface area contributed by atoms with Crippen molar-refractivity contribution < 1.29 is 31.5 Å². The van der Waals surface area contributed by atoms with Crippen molar-refractivity contribution in [3.8, 4) is 0 Å². The van der Waals surface area contributed by atoms with Crippen molar-refractivity contribution in [3.05, 3.63) is 77.0 Å². The number of carboxylic acid groups (broad SMARTS) is 1. The molecule has 0 atom stereocenters. The fourth-order valence-electron chi connectivity index (χ4n) is 2.83. The van der Waals surface area contributed by atoms with Gasteiger partial charge in [0.1, 0.15) is 0 Å². The molecule has 2 aromatic carbocycles. The molecule has 0 saturated carbocycles. The molecule has 2 aromatic heterocycles. The van der Waals surface area contributed by atoms with Gasteiger partial charge >= 0.3 is 12.1 Å². The van der Waals surface area contributed by atoms with Crippen LogP contribution in [-0.4, -0.2) is 35.6 Å². The van der Waals surface area contributed by atoms with Crippen LogP contribution in [0.4, 0.5) is 24.0 Å². The minimum atomic E-state index is -5.08. The molecule has 0 amide bonds. The molecule has 0 saturated heterocycles. The van der Waals surface area contributed by atoms with E-state index in [0.717, 1.165) is 16.3 Å². The zero-order chi connectivity index (χ0) is 25.1. The molecule has 13 heteroatoms. The van der Waals surface area contributed by atoms with E-state index in [1.807, 2.05) is 6.92 Å². The highest BCUT2D eigenvalue weighted by Crippen LogP contribution is 2.37. The number of rotatable bonds is 4. The summed E-state index contributed by atoms with van der Waals surface area (Å²) in [5.41, 5.74) is 1.26. The Labute approximate surface area is 201 Å². The number of fused-ring (bicyclic) bond motifs is 1. The number of anilines is 2. The van der Waals surface area contributed by atoms with E-state index in [0.29, 0.717) is 15.8 Å². The van der Waals surface area contributed by atoms with E-state index >= 15 is 0 Å². The summed E-state index contributed by atoms with van der Waals surface area (Å²) in [7, 11) is -3.89. The lowest BCUT2D eigenvalue weighted by molar-refractivity contribution is -0.192. The van der Waals surface area contributed by atoms with Gasteiger partial charge in [-0.05, 0) is 54.3 Å². The number of carboxylic acids is 1. The summed E-state index contributed by atoms with van der Waals surface area (Å²) >= 11 is 7.31. The number of benzene rings is 2. The molecular formula is C21H15ClF3N3O4S2. The van der Waals surface area contributed by atoms with Crippen LogP contribution in [0, 0.1) is 6.92 Å². The lowest BCUT2D eigenvalue weighted by Crippen LogP contribution is -2.26. The number of carbonyl (C=O) groups is 1. The normalized spacial score (nSPS) is 11.6. The van der Waals surface area contributed by atoms with Gasteiger partial charge in [-0.2, -0.15) is 13.2 Å². The van der Waals surface area contributed by atoms with Gasteiger partial charge < -0.3 is 5.11 Å². The van der Waals surface area contributed by atoms with Crippen molar-refractivity contribution in [2.75, 3.05) is 4.31 Å². The zero-order valence-electron chi connectivity index (χ0n) is 17.2. The molecule has 0 aliphatic heterocycles. The third-order valence-electron chi connectivity index (χ3n) is 4.36. The van der Waals surface area contributed by atoms with Crippen molar-refractivity contribution in [1.29, 1.82) is 0 Å². The highest BCUT2D eigenvalue weighted by molar-refractivity contribution is 7.93. The van der Waals surface area contributed by atoms with Crippen LogP contribution < -0.4 is 4.31 Å². The molecule has 0 fully saturated rings. The van der Waals surface area contributed by atoms with Crippen LogP contribution >= 0.6 is 22.9 Å². The highest BCUT2D eigenvalue weighted by Gasteiger charge is 2.38. The molecular weight excluding hydrogens is 515 g/mol. The van der Waals surface area contributed by atoms with Crippen molar-refractivity contribution in [2.24, 2.45) is 0 Å². The van der Waals surface area contributed by atoms with Crippen molar-refractivity contribution >= 4 is 60.5 Å². The molecule has 0 aliphatic carbocycles. The molecule has 1 N–H and O–H groups in total. The number of aliphatic carboxylic acids is 1. The minimum absolute atomic E-state index is 0.186. The molecule has 178 valence electrons. The number of hydrogen-bond acceptors (Lipinski definition) is 6. The lowest BCUT2D eigenvalue weighted by atomic mass is 10.2. The summed E-state index contributed by atoms with van der Waals surface area (Å²) in [6.45, 7) is 1.82. The molecule has 2 heterocycles. The maximum Gasteiger partial charge on any atom is 0.490 e. The monoisotopic (exact) mass is 529 g/mol. The van der Waals surface area contributed by atoms with E-state index < -0.39 is 22.2 Å². The van der Waals surface area contributed by atoms with Gasteiger partial charge in [0, 0.05) is 34.4 Å². The largest absolute Gasteiger partial charge is 0.490 e. The van der Waals surface area contributed by atoms with Gasteiger partial charge in [-0.1, -0.05) is 17.7 Å². The number of nitrogens with zero attached hydrogens (tertiary/aromatic N) is 3. The Balaban J connectivity index is 0.000000406. The summed E-state index contributed by atoms with van der Waals surface area (Å²) in [6.07, 6.45) is -0.159. The number of alkyl halides is 3. The van der Waals surface area contributed by atoms with Gasteiger partial charge in [0.05, 0.1) is 10.6 Å². The van der Waals surface area contributed by atoms with E-state index in [9.17, 15) is 21.6 Å². The molecule has 0 unspecified atom stereocenters. The maximum atomic E-state index is 13.6. The molecule has 4 rings (SSSR count). The van der Waals surface area contributed by atoms with E-state index in [-0.39, 0.29) is 4.90 Å². The molecule has 0 aliphatic rings. The number of aromatic nitrogens is 2. The van der Waals surface area contributed by atoms with Gasteiger partial charge in [0.25, 0.3) is 10.0 Å². The number of hydrogen-bond donors (Lipinski definition) is 1. The first kappa shape index (κ1) is 25.4. The van der Waals surface area contributed by atoms with E-state index in [1.54, 1.807) is 66.4 Å². The number of thiazole rings is 1. The first-order valence-corrected chi connectivity index (χ1v) is 12.0. The van der Waals surface area contributed by atoms with Crippen molar-refractivity contribution in [1.82, 2.24) is 9.97 Å². The van der Waals surface area contributed by atoms with Crippen LogP contribution in [0.5, 0.6) is 0 Å². The zero-order valence-corrected chi connectivity index (χ0v) is 19.6. The quantitative estimate of drug-likeness (QED) is 0.358. The average Bonchev–Trinajstić information content (AvgIpc) is 3.29. The molecule has 0 spiro atoms. The third-order valence-corrected chi connectivity index (χ3v) is 7.17. The predicted molar refractivity (Wildman–Crippen MR) is 123 cm³/mol. The van der Waals surface area contributed by atoms with Crippen LogP contribution in [0.2, 0.25) is 5.02 Å². The van der Waals surface area contributed by atoms with Crippen molar-refractivity contribution in [2.45, 2.75) is 18.0 Å². The lowest BCUT2D eigenvalue weighted by Gasteiger charge is -2.23. The molecule has 7 nitrogen and oxygen atoms in total. The average molecular weight is 530 g/mol. The Hall–Kier alpha value is -3.22. The van der Waals surface area contributed by atoms with E-state index in [2.05, 4.69) is 9.97 Å². The summed E-state index contributed by atoms with van der Waals surface area (Å²) in [6, 6.07) is 11.9. The van der Waals surface area contributed by atoms with Gasteiger partial charge in [0.2, 0.25) is 5.13 Å². The second-order valence-electron chi connectivity index (χ2n) is 6.70. The van der Waals surface area contributed by atoms with Crippen LogP contribution in [0.25, 0.3) is 10.8 Å². The summed E-state index contributed by atoms with van der Waals surface area (Å²) in [4.78, 5) is 17.4. The topological polar surface area (TPSA) is 100 Å². The SMILES string of the molecule is Cc1cc(Cl)ccc1N(c1nccs1)S(=O)(=O)c1ccc2cnccc2c1.O=C(O)C(F)(F)F. The standard InChI is InChI=1S/C19H14ClN3O2S2.C2HF3O2/c1-13-10-16(20)3-5-18(13)23(19-22-8-9-26-19)27(24,25)17-4-2-15-12-21-7-6-14(15)11-17;3-2(4,5)1(6)7/h2-12H,1H3;(H,6,7). The van der Waals surface area contributed by atoms with Gasteiger partial charge in [0.15, 0.2) is 0 Å². The van der Waals surface area contributed by atoms with Crippen molar-refractivity contribution in [3.63, 3.8) is 0 Å². The smallest absolute Gasteiger partial charge is 0.475 e. The Morgan fingerprint density at radius 2 is 1.79 bits per heavy atom. The number of halogens is 4. The number of sulfonamides is 1. The third kappa shape index (κ3) is 5.64.